The van der Waals surface area contributed by atoms with Crippen molar-refractivity contribution in [1.29, 1.82) is 0 Å². The van der Waals surface area contributed by atoms with E-state index in [2.05, 4.69) is 38.6 Å². The highest BCUT2D eigenvalue weighted by Gasteiger charge is 2.31. The van der Waals surface area contributed by atoms with Gasteiger partial charge >= 0.3 is 0 Å². The number of benzene rings is 2. The van der Waals surface area contributed by atoms with Crippen LogP contribution in [0.4, 0.5) is 4.39 Å². The second-order valence-corrected chi connectivity index (χ2v) is 7.05. The molecule has 0 aliphatic heterocycles. The second kappa shape index (κ2) is 5.34. The monoisotopic (exact) mass is 298 g/mol. The van der Waals surface area contributed by atoms with Crippen molar-refractivity contribution in [2.24, 2.45) is 5.41 Å². The molecule has 1 aliphatic carbocycles. The third-order valence-electron chi connectivity index (χ3n) is 4.08. The van der Waals surface area contributed by atoms with Crippen molar-refractivity contribution < 1.29 is 4.39 Å². The van der Waals surface area contributed by atoms with Crippen molar-refractivity contribution in [1.82, 2.24) is 0 Å². The summed E-state index contributed by atoms with van der Waals surface area (Å²) >= 11 is 4.35. The van der Waals surface area contributed by atoms with Crippen LogP contribution < -0.4 is 0 Å². The minimum Gasteiger partial charge on any atom is -0.207 e. The molecule has 0 aromatic heterocycles. The minimum absolute atomic E-state index is 0.183. The van der Waals surface area contributed by atoms with Crippen molar-refractivity contribution in [3.63, 3.8) is 0 Å². The Bertz CT molecular complexity index is 619. The molecular formula is C19H19FS. The Morgan fingerprint density at radius 1 is 0.810 bits per heavy atom. The summed E-state index contributed by atoms with van der Waals surface area (Å²) in [7, 11) is 0. The SMILES string of the molecule is CC1(C)CC(c2ccc(F)cc2)=C(c2ccc(S)cc2)C1. The lowest BCUT2D eigenvalue weighted by atomic mass is 9.87. The third kappa shape index (κ3) is 3.06. The molecule has 0 radical (unpaired) electrons. The maximum absolute atomic E-state index is 13.2. The zero-order chi connectivity index (χ0) is 15.0. The average molecular weight is 298 g/mol. The van der Waals surface area contributed by atoms with Crippen molar-refractivity contribution in [2.45, 2.75) is 31.6 Å². The smallest absolute Gasteiger partial charge is 0.123 e. The fourth-order valence-corrected chi connectivity index (χ4v) is 3.25. The third-order valence-corrected chi connectivity index (χ3v) is 4.38. The molecule has 0 unspecified atom stereocenters. The van der Waals surface area contributed by atoms with Crippen LogP contribution in [0.5, 0.6) is 0 Å². The van der Waals surface area contributed by atoms with Gasteiger partial charge < -0.3 is 0 Å². The lowest BCUT2D eigenvalue weighted by Crippen LogP contribution is -2.05. The molecule has 2 aromatic rings. The number of hydrogen-bond acceptors (Lipinski definition) is 1. The van der Waals surface area contributed by atoms with Gasteiger partial charge in [-0.15, -0.1) is 12.6 Å². The van der Waals surface area contributed by atoms with Crippen LogP contribution in [-0.2, 0) is 0 Å². The summed E-state index contributed by atoms with van der Waals surface area (Å²) in [6.45, 7) is 4.58. The number of allylic oxidation sites excluding steroid dienone is 2. The van der Waals surface area contributed by atoms with E-state index in [0.717, 1.165) is 23.3 Å². The van der Waals surface area contributed by atoms with Crippen LogP contribution in [0, 0.1) is 11.2 Å². The second-order valence-electron chi connectivity index (χ2n) is 6.53. The first-order chi connectivity index (χ1) is 9.94. The highest BCUT2D eigenvalue weighted by atomic mass is 32.1. The van der Waals surface area contributed by atoms with E-state index in [1.807, 2.05) is 24.3 Å². The van der Waals surface area contributed by atoms with E-state index in [-0.39, 0.29) is 11.2 Å². The highest BCUT2D eigenvalue weighted by molar-refractivity contribution is 7.80. The van der Waals surface area contributed by atoms with Crippen molar-refractivity contribution in [2.75, 3.05) is 0 Å². The molecule has 21 heavy (non-hydrogen) atoms. The Kier molecular flexibility index (Phi) is 3.66. The summed E-state index contributed by atoms with van der Waals surface area (Å²) in [6.07, 6.45) is 2.07. The summed E-state index contributed by atoms with van der Waals surface area (Å²) in [5.74, 6) is -0.183. The summed E-state index contributed by atoms with van der Waals surface area (Å²) in [5, 5.41) is 0. The first-order valence-corrected chi connectivity index (χ1v) is 7.67. The van der Waals surface area contributed by atoms with Crippen LogP contribution in [0.25, 0.3) is 11.1 Å². The zero-order valence-electron chi connectivity index (χ0n) is 12.4. The van der Waals surface area contributed by atoms with Gasteiger partial charge in [-0.3, -0.25) is 0 Å². The van der Waals surface area contributed by atoms with E-state index in [0.29, 0.717) is 0 Å². The lowest BCUT2D eigenvalue weighted by molar-refractivity contribution is 0.406. The predicted octanol–water partition coefficient (Wildman–Crippen LogP) is 5.85. The van der Waals surface area contributed by atoms with E-state index < -0.39 is 0 Å². The van der Waals surface area contributed by atoms with Crippen molar-refractivity contribution in [3.8, 4) is 0 Å². The van der Waals surface area contributed by atoms with Crippen LogP contribution >= 0.6 is 12.6 Å². The Hall–Kier alpha value is -1.54. The molecule has 0 fully saturated rings. The van der Waals surface area contributed by atoms with Gasteiger partial charge in [0.05, 0.1) is 0 Å². The number of halogens is 1. The van der Waals surface area contributed by atoms with Gasteiger partial charge in [0.1, 0.15) is 5.82 Å². The standard InChI is InChI=1S/C19H19FS/c1-19(2)11-17(13-3-7-15(20)8-4-13)18(12-19)14-5-9-16(21)10-6-14/h3-10,21H,11-12H2,1-2H3. The zero-order valence-corrected chi connectivity index (χ0v) is 13.3. The van der Waals surface area contributed by atoms with Gasteiger partial charge in [0.2, 0.25) is 0 Å². The van der Waals surface area contributed by atoms with E-state index >= 15 is 0 Å². The molecule has 0 amide bonds. The molecule has 0 nitrogen and oxygen atoms in total. The molecule has 0 heterocycles. The average Bonchev–Trinajstić information content (AvgIpc) is 2.76. The molecule has 2 heteroatoms. The van der Waals surface area contributed by atoms with Crippen LogP contribution in [0.2, 0.25) is 0 Å². The number of hydrogen-bond donors (Lipinski definition) is 1. The molecule has 0 atom stereocenters. The maximum Gasteiger partial charge on any atom is 0.123 e. The van der Waals surface area contributed by atoms with Gasteiger partial charge in [-0.25, -0.2) is 4.39 Å². The molecule has 2 aromatic carbocycles. The maximum atomic E-state index is 13.2. The molecule has 0 spiro atoms. The van der Waals surface area contributed by atoms with Crippen molar-refractivity contribution >= 4 is 23.8 Å². The van der Waals surface area contributed by atoms with Gasteiger partial charge in [-0.1, -0.05) is 38.1 Å². The molecule has 1 aliphatic rings. The van der Waals surface area contributed by atoms with Crippen LogP contribution in [-0.4, -0.2) is 0 Å². The van der Waals surface area contributed by atoms with Gasteiger partial charge in [-0.2, -0.15) is 0 Å². The molecule has 0 bridgehead atoms. The molecule has 0 saturated carbocycles. The van der Waals surface area contributed by atoms with E-state index in [1.54, 1.807) is 12.1 Å². The van der Waals surface area contributed by atoms with Crippen LogP contribution in [0.1, 0.15) is 37.8 Å². The Balaban J connectivity index is 2.09. The normalized spacial score (nSPS) is 17.3. The van der Waals surface area contributed by atoms with E-state index in [9.17, 15) is 4.39 Å². The number of thiol groups is 1. The summed E-state index contributed by atoms with van der Waals surface area (Å²) in [5.41, 5.74) is 5.34. The van der Waals surface area contributed by atoms with E-state index in [1.165, 1.54) is 16.7 Å². The van der Waals surface area contributed by atoms with Crippen LogP contribution in [0.3, 0.4) is 0 Å². The van der Waals surface area contributed by atoms with Crippen molar-refractivity contribution in [3.05, 3.63) is 65.5 Å². The lowest BCUT2D eigenvalue weighted by Gasteiger charge is -2.17. The fourth-order valence-electron chi connectivity index (χ4n) is 3.10. The predicted molar refractivity (Wildman–Crippen MR) is 89.9 cm³/mol. The summed E-state index contributed by atoms with van der Waals surface area (Å²) in [6, 6.07) is 15.2. The van der Waals surface area contributed by atoms with Gasteiger partial charge in [0, 0.05) is 4.90 Å². The first kappa shape index (κ1) is 14.4. The molecule has 3 rings (SSSR count). The van der Waals surface area contributed by atoms with Gasteiger partial charge in [-0.05, 0) is 64.8 Å². The molecule has 108 valence electrons. The largest absolute Gasteiger partial charge is 0.207 e. The highest BCUT2D eigenvalue weighted by Crippen LogP contribution is 2.49. The summed E-state index contributed by atoms with van der Waals surface area (Å²) < 4.78 is 13.2. The quantitative estimate of drug-likeness (QED) is 0.661. The fraction of sp³-hybridized carbons (Fsp3) is 0.263. The molecule has 0 N–H and O–H groups in total. The molecular weight excluding hydrogens is 279 g/mol. The minimum atomic E-state index is -0.183. The Labute approximate surface area is 131 Å². The Morgan fingerprint density at radius 2 is 1.24 bits per heavy atom. The van der Waals surface area contributed by atoms with Gasteiger partial charge in [0.25, 0.3) is 0 Å². The summed E-state index contributed by atoms with van der Waals surface area (Å²) in [4.78, 5) is 0.972. The molecule has 0 saturated heterocycles. The van der Waals surface area contributed by atoms with Gasteiger partial charge in [0.15, 0.2) is 0 Å². The van der Waals surface area contributed by atoms with E-state index in [4.69, 9.17) is 0 Å². The first-order valence-electron chi connectivity index (χ1n) is 7.22. The topological polar surface area (TPSA) is 0 Å². The van der Waals surface area contributed by atoms with Crippen LogP contribution in [0.15, 0.2) is 53.4 Å². The Morgan fingerprint density at radius 3 is 1.71 bits per heavy atom. The number of rotatable bonds is 2.